The number of benzene rings is 1. The molecule has 0 unspecified atom stereocenters. The van der Waals surface area contributed by atoms with Crippen molar-refractivity contribution in [2.75, 3.05) is 27.8 Å². The Balaban J connectivity index is 3.09. The second kappa shape index (κ2) is 8.22. The molecule has 0 spiro atoms. The Bertz CT molecular complexity index is 704. The topological polar surface area (TPSA) is 93.2 Å². The van der Waals surface area contributed by atoms with Crippen LogP contribution in [0.1, 0.15) is 24.2 Å². The fourth-order valence-corrected chi connectivity index (χ4v) is 2.86. The van der Waals surface area contributed by atoms with E-state index in [0.717, 1.165) is 0 Å². The van der Waals surface area contributed by atoms with Crippen molar-refractivity contribution in [2.24, 2.45) is 0 Å². The van der Waals surface area contributed by atoms with Crippen LogP contribution in [-0.2, 0) is 24.4 Å². The maximum atomic E-state index is 12.5. The minimum absolute atomic E-state index is 0.0881. The smallest absolute Gasteiger partial charge is 0.328 e. The summed E-state index contributed by atoms with van der Waals surface area (Å²) < 4.78 is 30.1. The third-order valence-corrected chi connectivity index (χ3v) is 5.18. The molecule has 134 valence electrons. The number of nitrogens with zero attached hydrogens (tertiary/aromatic N) is 2. The van der Waals surface area contributed by atoms with Gasteiger partial charge in [0.2, 0.25) is 0 Å². The number of rotatable bonds is 7. The Morgan fingerprint density at radius 2 is 1.88 bits per heavy atom. The van der Waals surface area contributed by atoms with Gasteiger partial charge in [-0.05, 0) is 32.0 Å². The van der Waals surface area contributed by atoms with Gasteiger partial charge < -0.3 is 9.64 Å². The van der Waals surface area contributed by atoms with Crippen LogP contribution in [0.2, 0.25) is 0 Å². The lowest BCUT2D eigenvalue weighted by atomic mass is 10.2. The van der Waals surface area contributed by atoms with E-state index < -0.39 is 27.9 Å². The van der Waals surface area contributed by atoms with Crippen LogP contribution in [0.5, 0.6) is 0 Å². The molecule has 0 saturated carbocycles. The summed E-state index contributed by atoms with van der Waals surface area (Å²) in [6.45, 7) is 3.42. The lowest BCUT2D eigenvalue weighted by Crippen LogP contribution is -2.41. The number of hydrogen-bond acceptors (Lipinski definition) is 6. The second-order valence-electron chi connectivity index (χ2n) is 4.97. The third-order valence-electron chi connectivity index (χ3n) is 3.50. The van der Waals surface area contributed by atoms with E-state index >= 15 is 0 Å². The van der Waals surface area contributed by atoms with Gasteiger partial charge in [-0.1, -0.05) is 10.5 Å². The predicted molar refractivity (Wildman–Crippen MR) is 86.6 cm³/mol. The maximum absolute atomic E-state index is 12.5. The number of ether oxygens (including phenoxy) is 1. The third kappa shape index (κ3) is 4.31. The van der Waals surface area contributed by atoms with Crippen LogP contribution < -0.4 is 0 Å². The second-order valence-corrected chi connectivity index (χ2v) is 6.90. The first kappa shape index (κ1) is 20.1. The summed E-state index contributed by atoms with van der Waals surface area (Å²) in [4.78, 5) is 30.0. The molecular formula is C15H22N2O6S. The molecule has 0 aliphatic heterocycles. The van der Waals surface area contributed by atoms with Crippen molar-refractivity contribution in [2.45, 2.75) is 24.8 Å². The quantitative estimate of drug-likeness (QED) is 0.531. The largest absolute Gasteiger partial charge is 0.464 e. The molecule has 9 heteroatoms. The van der Waals surface area contributed by atoms with Crippen molar-refractivity contribution in [3.8, 4) is 0 Å². The number of likely N-dealkylation sites (N-methyl/N-ethyl adjacent to an activating group) is 1. The minimum atomic E-state index is -3.87. The molecule has 0 fully saturated rings. The van der Waals surface area contributed by atoms with E-state index in [-0.39, 0.29) is 17.1 Å². The highest BCUT2D eigenvalue weighted by molar-refractivity contribution is 7.89. The molecule has 0 bridgehead atoms. The van der Waals surface area contributed by atoms with Gasteiger partial charge in [0.25, 0.3) is 15.9 Å². The summed E-state index contributed by atoms with van der Waals surface area (Å²) in [6.07, 6.45) is 0. The van der Waals surface area contributed by atoms with Crippen LogP contribution in [0.25, 0.3) is 0 Å². The van der Waals surface area contributed by atoms with Gasteiger partial charge in [-0.15, -0.1) is 0 Å². The van der Waals surface area contributed by atoms with Crippen molar-refractivity contribution in [3.05, 3.63) is 29.8 Å². The number of carbonyl (C=O) groups is 2. The van der Waals surface area contributed by atoms with Crippen molar-refractivity contribution < 1.29 is 27.6 Å². The van der Waals surface area contributed by atoms with Crippen LogP contribution in [-0.4, -0.2) is 63.5 Å². The molecule has 24 heavy (non-hydrogen) atoms. The standard InChI is InChI=1S/C15H22N2O6S/c1-6-23-15(19)11(2)16(3)14(18)12-8-7-9-13(10-12)24(20,21)17(4)22-5/h7-11H,6H2,1-5H3/t11-/m1/s1. The molecule has 0 aliphatic rings. The number of sulfonamides is 1. The Labute approximate surface area is 142 Å². The van der Waals surface area contributed by atoms with E-state index in [2.05, 4.69) is 0 Å². The van der Waals surface area contributed by atoms with Gasteiger partial charge in [-0.2, -0.15) is 0 Å². The van der Waals surface area contributed by atoms with Gasteiger partial charge in [0.15, 0.2) is 0 Å². The highest BCUT2D eigenvalue weighted by atomic mass is 32.2. The van der Waals surface area contributed by atoms with E-state index in [1.165, 1.54) is 57.3 Å². The monoisotopic (exact) mass is 358 g/mol. The molecule has 0 aromatic heterocycles. The summed E-state index contributed by atoms with van der Waals surface area (Å²) >= 11 is 0. The molecule has 1 aromatic carbocycles. The van der Waals surface area contributed by atoms with Gasteiger partial charge in [-0.25, -0.2) is 13.2 Å². The van der Waals surface area contributed by atoms with Crippen molar-refractivity contribution in [1.82, 2.24) is 9.37 Å². The summed E-state index contributed by atoms with van der Waals surface area (Å²) in [5.41, 5.74) is 0.138. The average molecular weight is 358 g/mol. The number of hydrogen-bond donors (Lipinski definition) is 0. The summed E-state index contributed by atoms with van der Waals surface area (Å²) in [7, 11) is 0.0559. The molecule has 1 amide bonds. The lowest BCUT2D eigenvalue weighted by Gasteiger charge is -2.23. The van der Waals surface area contributed by atoms with Gasteiger partial charge in [0.05, 0.1) is 18.6 Å². The van der Waals surface area contributed by atoms with E-state index in [9.17, 15) is 18.0 Å². The molecule has 0 aliphatic carbocycles. The number of esters is 1. The molecule has 0 saturated heterocycles. The van der Waals surface area contributed by atoms with Crippen LogP contribution >= 0.6 is 0 Å². The number of hydroxylamine groups is 1. The van der Waals surface area contributed by atoms with Crippen LogP contribution in [0.3, 0.4) is 0 Å². The zero-order valence-electron chi connectivity index (χ0n) is 14.3. The molecule has 1 atom stereocenters. The average Bonchev–Trinajstić information content (AvgIpc) is 2.59. The molecule has 8 nitrogen and oxygen atoms in total. The highest BCUT2D eigenvalue weighted by Gasteiger charge is 2.26. The van der Waals surface area contributed by atoms with Gasteiger partial charge in [-0.3, -0.25) is 9.63 Å². The fraction of sp³-hybridized carbons (Fsp3) is 0.467. The summed E-state index contributed by atoms with van der Waals surface area (Å²) in [5, 5.41) is 0. The zero-order valence-corrected chi connectivity index (χ0v) is 15.2. The lowest BCUT2D eigenvalue weighted by molar-refractivity contribution is -0.147. The van der Waals surface area contributed by atoms with E-state index in [1.54, 1.807) is 6.92 Å². The molecular weight excluding hydrogens is 336 g/mol. The Morgan fingerprint density at radius 1 is 1.25 bits per heavy atom. The molecule has 0 N–H and O–H groups in total. The molecule has 1 rings (SSSR count). The van der Waals surface area contributed by atoms with Gasteiger partial charge in [0, 0.05) is 19.7 Å². The minimum Gasteiger partial charge on any atom is -0.464 e. The van der Waals surface area contributed by atoms with Gasteiger partial charge in [0.1, 0.15) is 6.04 Å². The first-order chi connectivity index (χ1) is 11.2. The summed E-state index contributed by atoms with van der Waals surface area (Å²) in [5.74, 6) is -1.02. The Morgan fingerprint density at radius 3 is 2.42 bits per heavy atom. The first-order valence-corrected chi connectivity index (χ1v) is 8.67. The van der Waals surface area contributed by atoms with Gasteiger partial charge >= 0.3 is 5.97 Å². The van der Waals surface area contributed by atoms with E-state index in [0.29, 0.717) is 4.47 Å². The molecule has 1 aromatic rings. The number of amides is 1. The van der Waals surface area contributed by atoms with Crippen molar-refractivity contribution in [1.29, 1.82) is 0 Å². The number of carbonyl (C=O) groups excluding carboxylic acids is 2. The molecule has 0 radical (unpaired) electrons. The van der Waals surface area contributed by atoms with Crippen molar-refractivity contribution >= 4 is 21.9 Å². The van der Waals surface area contributed by atoms with Crippen LogP contribution in [0.15, 0.2) is 29.2 Å². The van der Waals surface area contributed by atoms with Crippen LogP contribution in [0, 0.1) is 0 Å². The van der Waals surface area contributed by atoms with Crippen LogP contribution in [0.4, 0.5) is 0 Å². The van der Waals surface area contributed by atoms with E-state index in [4.69, 9.17) is 9.57 Å². The zero-order chi connectivity index (χ0) is 18.5. The maximum Gasteiger partial charge on any atom is 0.328 e. The predicted octanol–water partition coefficient (Wildman–Crippen LogP) is 0.892. The molecule has 0 heterocycles. The SMILES string of the molecule is CCOC(=O)[C@@H](C)N(C)C(=O)c1cccc(S(=O)(=O)N(C)OC)c1. The first-order valence-electron chi connectivity index (χ1n) is 7.23. The summed E-state index contributed by atoms with van der Waals surface area (Å²) in [6, 6.07) is 4.73. The van der Waals surface area contributed by atoms with E-state index in [1.807, 2.05) is 0 Å². The van der Waals surface area contributed by atoms with Crippen molar-refractivity contribution in [3.63, 3.8) is 0 Å². The fourth-order valence-electron chi connectivity index (χ4n) is 1.84. The Kier molecular flexibility index (Phi) is 6.88. The normalized spacial score (nSPS) is 12.8. The highest BCUT2D eigenvalue weighted by Crippen LogP contribution is 2.17. The Hall–Kier alpha value is -1.97.